The summed E-state index contributed by atoms with van der Waals surface area (Å²) in [5.41, 5.74) is 5.29. The van der Waals surface area contributed by atoms with Crippen LogP contribution in [0.2, 0.25) is 0 Å². The van der Waals surface area contributed by atoms with Crippen molar-refractivity contribution in [1.82, 2.24) is 5.32 Å². The van der Waals surface area contributed by atoms with Gasteiger partial charge in [-0.25, -0.2) is 0 Å². The van der Waals surface area contributed by atoms with E-state index in [-0.39, 0.29) is 30.5 Å². The van der Waals surface area contributed by atoms with E-state index in [2.05, 4.69) is 19.2 Å². The molecule has 0 aromatic carbocycles. The molecule has 1 heterocycles. The van der Waals surface area contributed by atoms with Gasteiger partial charge < -0.3 is 15.8 Å². The average molecular weight is 293 g/mol. The molecule has 0 aromatic heterocycles. The molecule has 0 aliphatic carbocycles. The van der Waals surface area contributed by atoms with Crippen molar-refractivity contribution in [2.45, 2.75) is 71.1 Å². The highest BCUT2D eigenvalue weighted by Gasteiger charge is 2.31. The van der Waals surface area contributed by atoms with Gasteiger partial charge in [-0.05, 0) is 32.1 Å². The number of halogens is 1. The molecule has 19 heavy (non-hydrogen) atoms. The molecule has 0 aromatic rings. The number of carbonyl (C=O) groups excluding carboxylic acids is 1. The Balaban J connectivity index is 0.00000324. The largest absolute Gasteiger partial charge is 0.378 e. The maximum Gasteiger partial charge on any atom is 0.240 e. The molecular weight excluding hydrogens is 264 g/mol. The molecule has 1 aliphatic rings. The van der Waals surface area contributed by atoms with Crippen LogP contribution < -0.4 is 11.1 Å². The number of nitrogens with one attached hydrogen (secondary N) is 1. The Hall–Kier alpha value is -0.320. The lowest BCUT2D eigenvalue weighted by Gasteiger charge is -2.34. The van der Waals surface area contributed by atoms with E-state index in [4.69, 9.17) is 10.5 Å². The first-order valence-electron chi connectivity index (χ1n) is 7.08. The van der Waals surface area contributed by atoms with Gasteiger partial charge in [0.05, 0.1) is 11.6 Å². The van der Waals surface area contributed by atoms with E-state index in [1.54, 1.807) is 0 Å². The van der Waals surface area contributed by atoms with Crippen LogP contribution in [-0.4, -0.2) is 30.2 Å². The summed E-state index contributed by atoms with van der Waals surface area (Å²) in [5.74, 6) is 0.461. The second-order valence-electron chi connectivity index (χ2n) is 6.02. The molecule has 0 bridgehead atoms. The highest BCUT2D eigenvalue weighted by molar-refractivity contribution is 5.86. The summed E-state index contributed by atoms with van der Waals surface area (Å²) in [6.07, 6.45) is 3.67. The van der Waals surface area contributed by atoms with E-state index in [0.717, 1.165) is 32.3 Å². The van der Waals surface area contributed by atoms with Crippen molar-refractivity contribution in [1.29, 1.82) is 0 Å². The molecule has 5 heteroatoms. The fourth-order valence-corrected chi connectivity index (χ4v) is 2.41. The van der Waals surface area contributed by atoms with Gasteiger partial charge in [0.1, 0.15) is 0 Å². The number of rotatable bonds is 5. The highest BCUT2D eigenvalue weighted by atomic mass is 35.5. The van der Waals surface area contributed by atoms with E-state index in [0.29, 0.717) is 5.92 Å². The first-order chi connectivity index (χ1) is 8.36. The van der Waals surface area contributed by atoms with E-state index < -0.39 is 5.54 Å². The zero-order valence-corrected chi connectivity index (χ0v) is 13.4. The van der Waals surface area contributed by atoms with Gasteiger partial charge in [0.2, 0.25) is 5.91 Å². The van der Waals surface area contributed by atoms with E-state index >= 15 is 0 Å². The second kappa shape index (κ2) is 8.08. The minimum absolute atomic E-state index is 0. The maximum absolute atomic E-state index is 12.1. The predicted molar refractivity (Wildman–Crippen MR) is 80.5 cm³/mol. The summed E-state index contributed by atoms with van der Waals surface area (Å²) in [5, 5.41) is 3.08. The van der Waals surface area contributed by atoms with Crippen LogP contribution in [0.15, 0.2) is 0 Å². The Morgan fingerprint density at radius 2 is 2.16 bits per heavy atom. The van der Waals surface area contributed by atoms with E-state index in [9.17, 15) is 4.79 Å². The zero-order valence-electron chi connectivity index (χ0n) is 12.6. The Labute approximate surface area is 123 Å². The number of amides is 1. The van der Waals surface area contributed by atoms with Crippen molar-refractivity contribution in [2.75, 3.05) is 6.61 Å². The Kier molecular flexibility index (Phi) is 7.94. The Morgan fingerprint density at radius 1 is 1.53 bits per heavy atom. The molecule has 4 nitrogen and oxygen atoms in total. The summed E-state index contributed by atoms with van der Waals surface area (Å²) in [6, 6.07) is 0.207. The first-order valence-corrected chi connectivity index (χ1v) is 7.08. The van der Waals surface area contributed by atoms with Crippen LogP contribution in [0.5, 0.6) is 0 Å². The summed E-state index contributed by atoms with van der Waals surface area (Å²) < 4.78 is 5.70. The third kappa shape index (κ3) is 5.67. The van der Waals surface area contributed by atoms with Gasteiger partial charge in [-0.3, -0.25) is 4.79 Å². The summed E-state index contributed by atoms with van der Waals surface area (Å²) >= 11 is 0. The molecule has 3 unspecified atom stereocenters. The van der Waals surface area contributed by atoms with Crippen LogP contribution >= 0.6 is 12.4 Å². The number of nitrogens with two attached hydrogens (primary N) is 1. The van der Waals surface area contributed by atoms with Gasteiger partial charge in [0, 0.05) is 12.6 Å². The van der Waals surface area contributed by atoms with Gasteiger partial charge in [-0.1, -0.05) is 27.2 Å². The second-order valence-corrected chi connectivity index (χ2v) is 6.02. The summed E-state index contributed by atoms with van der Waals surface area (Å²) in [6.45, 7) is 8.88. The molecule has 1 fully saturated rings. The fourth-order valence-electron chi connectivity index (χ4n) is 2.41. The Bertz CT molecular complexity index is 283. The smallest absolute Gasteiger partial charge is 0.240 e. The molecule has 1 saturated heterocycles. The topological polar surface area (TPSA) is 64.4 Å². The molecule has 0 radical (unpaired) electrons. The standard InChI is InChI=1S/C14H28N2O2.ClH/c1-5-7-14(4,15)13(17)16-11-6-8-18-12(9-11)10(2)3;/h10-12H,5-9,15H2,1-4H3,(H,16,17);1H. The van der Waals surface area contributed by atoms with Crippen molar-refractivity contribution in [3.8, 4) is 0 Å². The summed E-state index contributed by atoms with van der Waals surface area (Å²) in [4.78, 5) is 12.1. The number of hydrogen-bond donors (Lipinski definition) is 2. The fraction of sp³-hybridized carbons (Fsp3) is 0.929. The molecular formula is C14H29ClN2O2. The van der Waals surface area contributed by atoms with Crippen molar-refractivity contribution in [2.24, 2.45) is 11.7 Å². The predicted octanol–water partition coefficient (Wildman–Crippen LogP) is 2.25. The Morgan fingerprint density at radius 3 is 2.68 bits per heavy atom. The first kappa shape index (κ1) is 18.7. The van der Waals surface area contributed by atoms with Crippen LogP contribution in [0, 0.1) is 5.92 Å². The lowest BCUT2D eigenvalue weighted by molar-refractivity contribution is -0.128. The third-order valence-electron chi connectivity index (χ3n) is 3.68. The zero-order chi connectivity index (χ0) is 13.8. The molecule has 3 N–H and O–H groups in total. The van der Waals surface area contributed by atoms with Crippen molar-refractivity contribution < 1.29 is 9.53 Å². The van der Waals surface area contributed by atoms with Gasteiger partial charge in [0.25, 0.3) is 0 Å². The normalized spacial score (nSPS) is 26.4. The highest BCUT2D eigenvalue weighted by Crippen LogP contribution is 2.21. The lowest BCUT2D eigenvalue weighted by atomic mass is 9.92. The van der Waals surface area contributed by atoms with Crippen molar-refractivity contribution in [3.05, 3.63) is 0 Å². The average Bonchev–Trinajstić information content (AvgIpc) is 2.29. The molecule has 0 saturated carbocycles. The van der Waals surface area contributed by atoms with Crippen LogP contribution in [0.3, 0.4) is 0 Å². The molecule has 0 spiro atoms. The van der Waals surface area contributed by atoms with Gasteiger partial charge in [-0.15, -0.1) is 12.4 Å². The molecule has 1 rings (SSSR count). The van der Waals surface area contributed by atoms with Gasteiger partial charge in [0.15, 0.2) is 0 Å². The van der Waals surface area contributed by atoms with Crippen molar-refractivity contribution in [3.63, 3.8) is 0 Å². The van der Waals surface area contributed by atoms with Crippen LogP contribution in [0.25, 0.3) is 0 Å². The van der Waals surface area contributed by atoms with Gasteiger partial charge >= 0.3 is 0 Å². The molecule has 3 atom stereocenters. The quantitative estimate of drug-likeness (QED) is 0.817. The number of carbonyl (C=O) groups is 1. The minimum atomic E-state index is -0.750. The van der Waals surface area contributed by atoms with Crippen LogP contribution in [0.4, 0.5) is 0 Å². The molecule has 114 valence electrons. The lowest BCUT2D eigenvalue weighted by Crippen LogP contribution is -2.55. The van der Waals surface area contributed by atoms with Crippen LogP contribution in [-0.2, 0) is 9.53 Å². The monoisotopic (exact) mass is 292 g/mol. The van der Waals surface area contributed by atoms with Gasteiger partial charge in [-0.2, -0.15) is 0 Å². The number of hydrogen-bond acceptors (Lipinski definition) is 3. The molecule has 1 amide bonds. The SMILES string of the molecule is CCCC(C)(N)C(=O)NC1CCOC(C(C)C)C1.Cl. The van der Waals surface area contributed by atoms with E-state index in [1.807, 2.05) is 13.8 Å². The van der Waals surface area contributed by atoms with Crippen LogP contribution in [0.1, 0.15) is 53.4 Å². The minimum Gasteiger partial charge on any atom is -0.378 e. The molecule has 1 aliphatic heterocycles. The third-order valence-corrected chi connectivity index (χ3v) is 3.68. The number of ether oxygens (including phenoxy) is 1. The van der Waals surface area contributed by atoms with E-state index in [1.165, 1.54) is 0 Å². The summed E-state index contributed by atoms with van der Waals surface area (Å²) in [7, 11) is 0. The van der Waals surface area contributed by atoms with Crippen molar-refractivity contribution >= 4 is 18.3 Å². The maximum atomic E-state index is 12.1.